The van der Waals surface area contributed by atoms with Crippen LogP contribution < -0.4 is 5.32 Å². The maximum Gasteiger partial charge on any atom is 0.141 e. The Morgan fingerprint density at radius 2 is 2.04 bits per heavy atom. The van der Waals surface area contributed by atoms with E-state index in [4.69, 9.17) is 16.1 Å². The van der Waals surface area contributed by atoms with Crippen molar-refractivity contribution in [1.82, 2.24) is 15.5 Å². The summed E-state index contributed by atoms with van der Waals surface area (Å²) < 4.78 is 5.40. The molecule has 5 heteroatoms. The van der Waals surface area contributed by atoms with Crippen LogP contribution in [0.5, 0.6) is 0 Å². The largest absolute Gasteiger partial charge is 0.361 e. The van der Waals surface area contributed by atoms with Gasteiger partial charge >= 0.3 is 0 Å². The molecule has 23 heavy (non-hydrogen) atoms. The van der Waals surface area contributed by atoms with Crippen LogP contribution in [0.4, 0.5) is 0 Å². The van der Waals surface area contributed by atoms with Crippen LogP contribution in [-0.2, 0) is 25.9 Å². The minimum Gasteiger partial charge on any atom is -0.361 e. The van der Waals surface area contributed by atoms with Gasteiger partial charge in [0, 0.05) is 41.7 Å². The Morgan fingerprint density at radius 3 is 2.83 bits per heavy atom. The fourth-order valence-electron chi connectivity index (χ4n) is 2.82. The molecule has 1 aromatic carbocycles. The third-order valence-electron chi connectivity index (χ3n) is 3.97. The highest BCUT2D eigenvalue weighted by molar-refractivity contribution is 6.31. The lowest BCUT2D eigenvalue weighted by molar-refractivity contribution is 0.379. The summed E-state index contributed by atoms with van der Waals surface area (Å²) in [5.74, 6) is 0.962. The molecule has 2 heterocycles. The molecule has 0 amide bonds. The van der Waals surface area contributed by atoms with Gasteiger partial charge in [-0.3, -0.25) is 4.98 Å². The van der Waals surface area contributed by atoms with Gasteiger partial charge in [0.25, 0.3) is 0 Å². The Kier molecular flexibility index (Phi) is 4.94. The third-order valence-corrected chi connectivity index (χ3v) is 4.19. The zero-order chi connectivity index (χ0) is 16.2. The van der Waals surface area contributed by atoms with E-state index in [0.717, 1.165) is 52.3 Å². The summed E-state index contributed by atoms with van der Waals surface area (Å²) >= 11 is 6.22. The summed E-state index contributed by atoms with van der Waals surface area (Å²) in [6.07, 6.45) is 3.54. The second-order valence-electron chi connectivity index (χ2n) is 5.48. The lowest BCUT2D eigenvalue weighted by Gasteiger charge is -2.09. The summed E-state index contributed by atoms with van der Waals surface area (Å²) in [6.45, 7) is 5.61. The van der Waals surface area contributed by atoms with Gasteiger partial charge < -0.3 is 9.84 Å². The molecule has 120 valence electrons. The van der Waals surface area contributed by atoms with Crippen LogP contribution in [0.2, 0.25) is 5.02 Å². The number of hydrogen-bond acceptors (Lipinski definition) is 4. The van der Waals surface area contributed by atoms with E-state index in [2.05, 4.69) is 29.3 Å². The second-order valence-corrected chi connectivity index (χ2v) is 5.92. The van der Waals surface area contributed by atoms with Gasteiger partial charge in [0.1, 0.15) is 5.76 Å². The van der Waals surface area contributed by atoms with Crippen molar-refractivity contribution in [3.63, 3.8) is 0 Å². The zero-order valence-electron chi connectivity index (χ0n) is 13.4. The fraction of sp³-hybridized carbons (Fsp3) is 0.333. The fourth-order valence-corrected chi connectivity index (χ4v) is 3.07. The number of nitrogens with zero attached hydrogens (tertiary/aromatic N) is 2. The van der Waals surface area contributed by atoms with E-state index in [1.165, 1.54) is 5.56 Å². The van der Waals surface area contributed by atoms with Gasteiger partial charge in [0.15, 0.2) is 0 Å². The number of pyridine rings is 1. The first-order chi connectivity index (χ1) is 11.2. The first kappa shape index (κ1) is 16.0. The monoisotopic (exact) mass is 329 g/mol. The van der Waals surface area contributed by atoms with Crippen molar-refractivity contribution in [2.45, 2.75) is 39.8 Å². The van der Waals surface area contributed by atoms with Crippen molar-refractivity contribution in [3.8, 4) is 0 Å². The predicted molar refractivity (Wildman–Crippen MR) is 92.6 cm³/mol. The van der Waals surface area contributed by atoms with Crippen molar-refractivity contribution in [2.24, 2.45) is 0 Å². The van der Waals surface area contributed by atoms with Crippen molar-refractivity contribution < 1.29 is 4.52 Å². The molecule has 0 bridgehead atoms. The third kappa shape index (κ3) is 3.38. The Hall–Kier alpha value is -1.91. The standard InChI is InChI=1S/C18H20ClN3O/c1-3-16-15(17(4-2)23-22-16)11-20-10-13-9-14(19)8-12-6-5-7-21-18(12)13/h5-9,20H,3-4,10-11H2,1-2H3. The molecule has 0 aliphatic rings. The number of rotatable bonds is 6. The van der Waals surface area contributed by atoms with Gasteiger partial charge in [-0.05, 0) is 30.2 Å². The Balaban J connectivity index is 1.78. The minimum absolute atomic E-state index is 0.700. The van der Waals surface area contributed by atoms with E-state index in [0.29, 0.717) is 6.54 Å². The lowest BCUT2D eigenvalue weighted by Crippen LogP contribution is -2.15. The van der Waals surface area contributed by atoms with Gasteiger partial charge in [-0.15, -0.1) is 0 Å². The van der Waals surface area contributed by atoms with Gasteiger partial charge in [-0.1, -0.05) is 36.7 Å². The van der Waals surface area contributed by atoms with E-state index in [9.17, 15) is 0 Å². The van der Waals surface area contributed by atoms with E-state index in [1.54, 1.807) is 0 Å². The molecule has 0 atom stereocenters. The van der Waals surface area contributed by atoms with E-state index in [1.807, 2.05) is 30.5 Å². The summed E-state index contributed by atoms with van der Waals surface area (Å²) in [6, 6.07) is 7.87. The van der Waals surface area contributed by atoms with Crippen LogP contribution in [-0.4, -0.2) is 10.1 Å². The van der Waals surface area contributed by atoms with E-state index in [-0.39, 0.29) is 0 Å². The van der Waals surface area contributed by atoms with E-state index >= 15 is 0 Å². The second kappa shape index (κ2) is 7.11. The van der Waals surface area contributed by atoms with Gasteiger partial charge in [0.2, 0.25) is 0 Å². The quantitative estimate of drug-likeness (QED) is 0.733. The van der Waals surface area contributed by atoms with Crippen LogP contribution in [0.3, 0.4) is 0 Å². The van der Waals surface area contributed by atoms with E-state index < -0.39 is 0 Å². The molecule has 0 fully saturated rings. The predicted octanol–water partition coefficient (Wildman–Crippen LogP) is 4.29. The number of hydrogen-bond donors (Lipinski definition) is 1. The van der Waals surface area contributed by atoms with Gasteiger partial charge in [-0.2, -0.15) is 0 Å². The highest BCUT2D eigenvalue weighted by Crippen LogP contribution is 2.22. The lowest BCUT2D eigenvalue weighted by atomic mass is 10.1. The number of aromatic nitrogens is 2. The Morgan fingerprint density at radius 1 is 1.17 bits per heavy atom. The van der Waals surface area contributed by atoms with Gasteiger partial charge in [0.05, 0.1) is 11.2 Å². The molecule has 0 spiro atoms. The summed E-state index contributed by atoms with van der Waals surface area (Å²) in [5.41, 5.74) is 4.29. The first-order valence-corrected chi connectivity index (χ1v) is 8.30. The molecule has 1 N–H and O–H groups in total. The number of aryl methyl sites for hydroxylation is 2. The molecule has 0 saturated carbocycles. The van der Waals surface area contributed by atoms with Crippen LogP contribution >= 0.6 is 11.6 Å². The molecule has 0 aliphatic carbocycles. The maximum absolute atomic E-state index is 6.22. The van der Waals surface area contributed by atoms with Crippen LogP contribution in [0.1, 0.15) is 36.4 Å². The molecule has 4 nitrogen and oxygen atoms in total. The number of fused-ring (bicyclic) bond motifs is 1. The molecular weight excluding hydrogens is 310 g/mol. The maximum atomic E-state index is 6.22. The van der Waals surface area contributed by atoms with Crippen molar-refractivity contribution in [1.29, 1.82) is 0 Å². The smallest absolute Gasteiger partial charge is 0.141 e. The molecular formula is C18H20ClN3O. The summed E-state index contributed by atoms with van der Waals surface area (Å²) in [7, 11) is 0. The van der Waals surface area contributed by atoms with Crippen molar-refractivity contribution >= 4 is 22.5 Å². The number of nitrogens with one attached hydrogen (secondary N) is 1. The average molecular weight is 330 g/mol. The Bertz CT molecular complexity index is 792. The van der Waals surface area contributed by atoms with Crippen molar-refractivity contribution in [3.05, 3.63) is 58.1 Å². The molecule has 0 aliphatic heterocycles. The van der Waals surface area contributed by atoms with Crippen molar-refractivity contribution in [2.75, 3.05) is 0 Å². The van der Waals surface area contributed by atoms with Crippen LogP contribution in [0.25, 0.3) is 10.9 Å². The van der Waals surface area contributed by atoms with Crippen LogP contribution in [0.15, 0.2) is 35.0 Å². The average Bonchev–Trinajstić information content (AvgIpc) is 2.96. The molecule has 0 unspecified atom stereocenters. The molecule has 2 aromatic heterocycles. The topological polar surface area (TPSA) is 51.0 Å². The molecule has 3 rings (SSSR count). The van der Waals surface area contributed by atoms with Gasteiger partial charge in [-0.25, -0.2) is 0 Å². The Labute approximate surface area is 140 Å². The molecule has 3 aromatic rings. The number of benzene rings is 1. The summed E-state index contributed by atoms with van der Waals surface area (Å²) in [4.78, 5) is 4.48. The highest BCUT2D eigenvalue weighted by atomic mass is 35.5. The molecule has 0 saturated heterocycles. The normalized spacial score (nSPS) is 11.3. The number of halogens is 1. The molecule has 0 radical (unpaired) electrons. The SMILES string of the molecule is CCc1noc(CC)c1CNCc1cc(Cl)cc2cccnc12. The minimum atomic E-state index is 0.700. The van der Waals surface area contributed by atoms with Crippen LogP contribution in [0, 0.1) is 0 Å². The summed E-state index contributed by atoms with van der Waals surface area (Å²) in [5, 5.41) is 9.41. The zero-order valence-corrected chi connectivity index (χ0v) is 14.2. The first-order valence-electron chi connectivity index (χ1n) is 7.93. The highest BCUT2D eigenvalue weighted by Gasteiger charge is 2.13.